The Morgan fingerprint density at radius 2 is 1.85 bits per heavy atom. The van der Waals surface area contributed by atoms with E-state index >= 15 is 0 Å². The number of likely N-dealkylation sites (N-methyl/N-ethyl adjacent to an activating group) is 1. The molecule has 0 radical (unpaired) electrons. The van der Waals surface area contributed by atoms with Crippen LogP contribution in [-0.4, -0.2) is 65.7 Å². The highest BCUT2D eigenvalue weighted by Gasteiger charge is 2.42. The lowest BCUT2D eigenvalue weighted by Crippen LogP contribution is -2.54. The van der Waals surface area contributed by atoms with Crippen LogP contribution in [0.2, 0.25) is 0 Å². The molecule has 114 valence electrons. The van der Waals surface area contributed by atoms with E-state index in [0.717, 1.165) is 0 Å². The van der Waals surface area contributed by atoms with Crippen LogP contribution >= 0.6 is 0 Å². The summed E-state index contributed by atoms with van der Waals surface area (Å²) >= 11 is 0. The molecule has 2 unspecified atom stereocenters. The average molecular weight is 286 g/mol. The van der Waals surface area contributed by atoms with Gasteiger partial charge in [0.05, 0.1) is 13.0 Å². The second kappa shape index (κ2) is 5.68. The average Bonchev–Trinajstić information content (AvgIpc) is 2.77. The molecule has 1 aliphatic rings. The SMILES string of the molecule is COC(=O)C1CN(C(=O)N(C)C(C)(C)C(=O)O)CC1C. The van der Waals surface area contributed by atoms with Gasteiger partial charge in [0.1, 0.15) is 5.54 Å². The molecule has 0 bridgehead atoms. The highest BCUT2D eigenvalue weighted by molar-refractivity contribution is 5.86. The number of rotatable bonds is 3. The number of ether oxygens (including phenoxy) is 1. The molecule has 1 saturated heterocycles. The highest BCUT2D eigenvalue weighted by Crippen LogP contribution is 2.26. The molecule has 1 fully saturated rings. The molecule has 7 nitrogen and oxygen atoms in total. The Morgan fingerprint density at radius 3 is 2.30 bits per heavy atom. The number of methoxy groups -OCH3 is 1. The quantitative estimate of drug-likeness (QED) is 0.769. The number of amides is 2. The molecule has 7 heteroatoms. The van der Waals surface area contributed by atoms with E-state index in [4.69, 9.17) is 9.84 Å². The van der Waals surface area contributed by atoms with E-state index in [1.807, 2.05) is 6.92 Å². The van der Waals surface area contributed by atoms with E-state index in [0.29, 0.717) is 6.54 Å². The molecule has 1 N–H and O–H groups in total. The first-order valence-electron chi connectivity index (χ1n) is 6.46. The van der Waals surface area contributed by atoms with Crippen molar-refractivity contribution in [1.82, 2.24) is 9.80 Å². The maximum absolute atomic E-state index is 12.3. The number of carboxylic acids is 1. The summed E-state index contributed by atoms with van der Waals surface area (Å²) in [6.07, 6.45) is 0. The molecule has 0 aromatic carbocycles. The Hall–Kier alpha value is -1.79. The Morgan fingerprint density at radius 1 is 1.30 bits per heavy atom. The van der Waals surface area contributed by atoms with Gasteiger partial charge in [0.25, 0.3) is 0 Å². The largest absolute Gasteiger partial charge is 0.480 e. The zero-order valence-electron chi connectivity index (χ0n) is 12.5. The van der Waals surface area contributed by atoms with Crippen LogP contribution in [0.4, 0.5) is 4.79 Å². The highest BCUT2D eigenvalue weighted by atomic mass is 16.5. The number of aliphatic carboxylic acids is 1. The first-order valence-corrected chi connectivity index (χ1v) is 6.46. The van der Waals surface area contributed by atoms with Crippen molar-refractivity contribution in [3.63, 3.8) is 0 Å². The summed E-state index contributed by atoms with van der Waals surface area (Å²) in [5, 5.41) is 9.15. The third-order valence-corrected chi connectivity index (χ3v) is 4.04. The lowest BCUT2D eigenvalue weighted by molar-refractivity contribution is -0.148. The van der Waals surface area contributed by atoms with Gasteiger partial charge in [0, 0.05) is 20.1 Å². The van der Waals surface area contributed by atoms with Crippen molar-refractivity contribution >= 4 is 18.0 Å². The number of likely N-dealkylation sites (tertiary alicyclic amines) is 1. The molecular formula is C13H22N2O5. The zero-order valence-corrected chi connectivity index (χ0v) is 12.5. The summed E-state index contributed by atoms with van der Waals surface area (Å²) in [5.74, 6) is -1.78. The van der Waals surface area contributed by atoms with E-state index in [2.05, 4.69) is 0 Å². The van der Waals surface area contributed by atoms with Gasteiger partial charge in [0.15, 0.2) is 0 Å². The van der Waals surface area contributed by atoms with Crippen LogP contribution in [0, 0.1) is 11.8 Å². The number of carbonyl (C=O) groups excluding carboxylic acids is 2. The van der Waals surface area contributed by atoms with Gasteiger partial charge in [-0.3, -0.25) is 4.79 Å². The van der Waals surface area contributed by atoms with Crippen molar-refractivity contribution in [2.45, 2.75) is 26.3 Å². The monoisotopic (exact) mass is 286 g/mol. The van der Waals surface area contributed by atoms with Gasteiger partial charge < -0.3 is 19.6 Å². The van der Waals surface area contributed by atoms with Crippen LogP contribution in [0.1, 0.15) is 20.8 Å². The Kier molecular flexibility index (Phi) is 4.62. The molecule has 1 heterocycles. The van der Waals surface area contributed by atoms with E-state index in [1.54, 1.807) is 0 Å². The van der Waals surface area contributed by atoms with Crippen LogP contribution in [0.25, 0.3) is 0 Å². The zero-order chi connectivity index (χ0) is 15.7. The molecule has 0 aliphatic carbocycles. The molecular weight excluding hydrogens is 264 g/mol. The van der Waals surface area contributed by atoms with Crippen LogP contribution in [-0.2, 0) is 14.3 Å². The predicted molar refractivity (Wildman–Crippen MR) is 71.1 cm³/mol. The number of esters is 1. The predicted octanol–water partition coefficient (Wildman–Crippen LogP) is 0.642. The Labute approximate surface area is 118 Å². The van der Waals surface area contributed by atoms with Gasteiger partial charge in [-0.2, -0.15) is 0 Å². The number of hydrogen-bond donors (Lipinski definition) is 1. The lowest BCUT2D eigenvalue weighted by atomic mass is 9.99. The third-order valence-electron chi connectivity index (χ3n) is 4.04. The second-order valence-corrected chi connectivity index (χ2v) is 5.72. The topological polar surface area (TPSA) is 87.2 Å². The van der Waals surface area contributed by atoms with Gasteiger partial charge >= 0.3 is 18.0 Å². The number of carbonyl (C=O) groups is 3. The molecule has 20 heavy (non-hydrogen) atoms. The minimum absolute atomic E-state index is 0.00672. The number of urea groups is 1. The van der Waals surface area contributed by atoms with Gasteiger partial charge in [-0.15, -0.1) is 0 Å². The molecule has 0 spiro atoms. The summed E-state index contributed by atoms with van der Waals surface area (Å²) in [4.78, 5) is 37.8. The standard InChI is InChI=1S/C13H22N2O5/c1-8-6-15(7-9(8)10(16)20-5)12(19)14(4)13(2,3)11(17)18/h8-9H,6-7H2,1-5H3,(H,17,18). The summed E-state index contributed by atoms with van der Waals surface area (Å²) < 4.78 is 4.71. The van der Waals surface area contributed by atoms with Crippen molar-refractivity contribution in [3.8, 4) is 0 Å². The maximum Gasteiger partial charge on any atom is 0.329 e. The fourth-order valence-electron chi connectivity index (χ4n) is 2.18. The summed E-state index contributed by atoms with van der Waals surface area (Å²) in [7, 11) is 2.77. The summed E-state index contributed by atoms with van der Waals surface area (Å²) in [6.45, 7) is 5.47. The Bertz CT molecular complexity index is 421. The normalized spacial score (nSPS) is 22.6. The summed E-state index contributed by atoms with van der Waals surface area (Å²) in [5.41, 5.74) is -1.30. The van der Waals surface area contributed by atoms with Crippen molar-refractivity contribution in [2.75, 3.05) is 27.2 Å². The molecule has 1 aliphatic heterocycles. The number of nitrogens with zero attached hydrogens (tertiary/aromatic N) is 2. The van der Waals surface area contributed by atoms with Gasteiger partial charge in [-0.05, 0) is 19.8 Å². The lowest BCUT2D eigenvalue weighted by Gasteiger charge is -2.34. The van der Waals surface area contributed by atoms with Gasteiger partial charge in [-0.1, -0.05) is 6.92 Å². The van der Waals surface area contributed by atoms with Crippen molar-refractivity contribution < 1.29 is 24.2 Å². The fraction of sp³-hybridized carbons (Fsp3) is 0.769. The minimum Gasteiger partial charge on any atom is -0.480 e. The molecule has 2 atom stereocenters. The van der Waals surface area contributed by atoms with E-state index in [-0.39, 0.29) is 24.3 Å². The van der Waals surface area contributed by atoms with E-state index in [1.165, 1.54) is 37.8 Å². The van der Waals surface area contributed by atoms with E-state index in [9.17, 15) is 14.4 Å². The molecule has 0 aromatic heterocycles. The van der Waals surface area contributed by atoms with Crippen molar-refractivity contribution in [1.29, 1.82) is 0 Å². The first kappa shape index (κ1) is 16.3. The first-order chi connectivity index (χ1) is 9.12. The molecule has 0 aromatic rings. The number of carboxylic acid groups (broad SMARTS) is 1. The molecule has 1 rings (SSSR count). The smallest absolute Gasteiger partial charge is 0.329 e. The molecule has 0 saturated carbocycles. The van der Waals surface area contributed by atoms with Crippen molar-refractivity contribution in [3.05, 3.63) is 0 Å². The molecule has 2 amide bonds. The maximum atomic E-state index is 12.3. The summed E-state index contributed by atoms with van der Waals surface area (Å²) in [6, 6.07) is -0.393. The third kappa shape index (κ3) is 2.86. The van der Waals surface area contributed by atoms with E-state index < -0.39 is 17.5 Å². The number of hydrogen-bond acceptors (Lipinski definition) is 4. The van der Waals surface area contributed by atoms with Crippen LogP contribution in [0.3, 0.4) is 0 Å². The van der Waals surface area contributed by atoms with Gasteiger partial charge in [0.2, 0.25) is 0 Å². The van der Waals surface area contributed by atoms with Crippen molar-refractivity contribution in [2.24, 2.45) is 11.8 Å². The van der Waals surface area contributed by atoms with Crippen LogP contribution in [0.15, 0.2) is 0 Å². The fourth-order valence-corrected chi connectivity index (χ4v) is 2.18. The second-order valence-electron chi connectivity index (χ2n) is 5.72. The van der Waals surface area contributed by atoms with Crippen LogP contribution in [0.5, 0.6) is 0 Å². The Balaban J connectivity index is 2.80. The van der Waals surface area contributed by atoms with Gasteiger partial charge in [-0.25, -0.2) is 9.59 Å². The minimum atomic E-state index is -1.30. The van der Waals surface area contributed by atoms with Crippen LogP contribution < -0.4 is 0 Å².